The van der Waals surface area contributed by atoms with Crippen LogP contribution >= 0.6 is 27.5 Å². The maximum Gasteiger partial charge on any atom is 0.252 e. The molecule has 0 saturated carbocycles. The van der Waals surface area contributed by atoms with E-state index >= 15 is 0 Å². The molecule has 1 amide bonds. The van der Waals surface area contributed by atoms with Gasteiger partial charge in [0.15, 0.2) is 0 Å². The van der Waals surface area contributed by atoms with E-state index in [2.05, 4.69) is 35.1 Å². The van der Waals surface area contributed by atoms with Crippen molar-refractivity contribution in [1.82, 2.24) is 5.32 Å². The van der Waals surface area contributed by atoms with Gasteiger partial charge in [0.1, 0.15) is 0 Å². The maximum atomic E-state index is 11.8. The van der Waals surface area contributed by atoms with Crippen molar-refractivity contribution < 1.29 is 4.79 Å². The van der Waals surface area contributed by atoms with Gasteiger partial charge >= 0.3 is 0 Å². The van der Waals surface area contributed by atoms with Crippen LogP contribution in [0.5, 0.6) is 0 Å². The predicted octanol–water partition coefficient (Wildman–Crippen LogP) is 3.88. The van der Waals surface area contributed by atoms with Crippen molar-refractivity contribution in [1.29, 1.82) is 0 Å². The lowest BCUT2D eigenvalue weighted by Crippen LogP contribution is -2.28. The molecule has 1 unspecified atom stereocenters. The van der Waals surface area contributed by atoms with Crippen molar-refractivity contribution in [3.63, 3.8) is 0 Å². The number of hydrogen-bond acceptors (Lipinski definition) is 1. The number of nitrogens with one attached hydrogen (secondary N) is 1. The van der Waals surface area contributed by atoms with Crippen molar-refractivity contribution in [3.05, 3.63) is 33.3 Å². The first kappa shape index (κ1) is 13.5. The van der Waals surface area contributed by atoms with Gasteiger partial charge in [-0.3, -0.25) is 4.79 Å². The zero-order chi connectivity index (χ0) is 12.1. The molecule has 0 aliphatic carbocycles. The molecule has 0 aliphatic heterocycles. The van der Waals surface area contributed by atoms with Crippen LogP contribution in [0.25, 0.3) is 0 Å². The average molecular weight is 305 g/mol. The Morgan fingerprint density at radius 3 is 2.88 bits per heavy atom. The monoisotopic (exact) mass is 303 g/mol. The first-order valence-corrected chi connectivity index (χ1v) is 6.45. The summed E-state index contributed by atoms with van der Waals surface area (Å²) in [6.45, 7) is 4.88. The Kier molecular flexibility index (Phi) is 5.29. The molecule has 1 aromatic rings. The normalized spacial score (nSPS) is 12.2. The maximum absolute atomic E-state index is 11.8. The second kappa shape index (κ2) is 6.26. The number of carbonyl (C=O) groups is 1. The third-order valence-corrected chi connectivity index (χ3v) is 3.80. The topological polar surface area (TPSA) is 29.1 Å². The van der Waals surface area contributed by atoms with Crippen LogP contribution in [0, 0.1) is 5.92 Å². The number of halogens is 2. The average Bonchev–Trinajstić information content (AvgIpc) is 2.29. The van der Waals surface area contributed by atoms with Gasteiger partial charge in [0.2, 0.25) is 0 Å². The van der Waals surface area contributed by atoms with E-state index in [-0.39, 0.29) is 5.91 Å². The molecule has 16 heavy (non-hydrogen) atoms. The van der Waals surface area contributed by atoms with E-state index in [9.17, 15) is 4.79 Å². The number of rotatable bonds is 4. The van der Waals surface area contributed by atoms with E-state index < -0.39 is 0 Å². The minimum absolute atomic E-state index is 0.119. The molecule has 0 bridgehead atoms. The Morgan fingerprint density at radius 2 is 2.25 bits per heavy atom. The van der Waals surface area contributed by atoms with Gasteiger partial charge in [-0.2, -0.15) is 0 Å². The molecular weight excluding hydrogens is 289 g/mol. The molecule has 1 rings (SSSR count). The SMILES string of the molecule is CCC(C)CNC(=O)c1cccc(Br)c1Cl. The van der Waals surface area contributed by atoms with Crippen LogP contribution in [0.4, 0.5) is 0 Å². The molecular formula is C12H15BrClNO. The van der Waals surface area contributed by atoms with Gasteiger partial charge in [-0.1, -0.05) is 37.9 Å². The Labute approximate surface area is 110 Å². The smallest absolute Gasteiger partial charge is 0.252 e. The molecule has 1 aromatic carbocycles. The fraction of sp³-hybridized carbons (Fsp3) is 0.417. The van der Waals surface area contributed by atoms with E-state index in [1.807, 2.05) is 6.07 Å². The lowest BCUT2D eigenvalue weighted by Gasteiger charge is -2.11. The van der Waals surface area contributed by atoms with Gasteiger partial charge in [-0.05, 0) is 34.0 Å². The molecule has 0 radical (unpaired) electrons. The van der Waals surface area contributed by atoms with Gasteiger partial charge in [-0.15, -0.1) is 0 Å². The molecule has 0 spiro atoms. The Balaban J connectivity index is 2.70. The van der Waals surface area contributed by atoms with Gasteiger partial charge in [0.05, 0.1) is 10.6 Å². The van der Waals surface area contributed by atoms with Crippen LogP contribution in [0.2, 0.25) is 5.02 Å². The highest BCUT2D eigenvalue weighted by molar-refractivity contribution is 9.10. The summed E-state index contributed by atoms with van der Waals surface area (Å²) in [5, 5.41) is 3.34. The second-order valence-electron chi connectivity index (χ2n) is 3.82. The summed E-state index contributed by atoms with van der Waals surface area (Å²) in [7, 11) is 0. The highest BCUT2D eigenvalue weighted by Crippen LogP contribution is 2.25. The number of amides is 1. The highest BCUT2D eigenvalue weighted by atomic mass is 79.9. The molecule has 0 aromatic heterocycles. The summed E-state index contributed by atoms with van der Waals surface area (Å²) in [5.74, 6) is 0.362. The van der Waals surface area contributed by atoms with E-state index in [4.69, 9.17) is 11.6 Å². The lowest BCUT2D eigenvalue weighted by molar-refractivity contribution is 0.0948. The zero-order valence-corrected chi connectivity index (χ0v) is 11.7. The van der Waals surface area contributed by atoms with Crippen LogP contribution in [0.3, 0.4) is 0 Å². The summed E-state index contributed by atoms with van der Waals surface area (Å²) in [5.41, 5.74) is 0.513. The predicted molar refractivity (Wildman–Crippen MR) is 70.9 cm³/mol. The van der Waals surface area contributed by atoms with E-state index in [0.29, 0.717) is 23.0 Å². The van der Waals surface area contributed by atoms with E-state index in [1.54, 1.807) is 12.1 Å². The minimum Gasteiger partial charge on any atom is -0.352 e. The van der Waals surface area contributed by atoms with Crippen LogP contribution in [-0.4, -0.2) is 12.5 Å². The zero-order valence-electron chi connectivity index (χ0n) is 9.39. The number of carbonyl (C=O) groups excluding carboxylic acids is 1. The van der Waals surface area contributed by atoms with E-state index in [0.717, 1.165) is 10.9 Å². The first-order chi connectivity index (χ1) is 7.56. The van der Waals surface area contributed by atoms with Crippen LogP contribution < -0.4 is 5.32 Å². The standard InChI is InChI=1S/C12H15BrClNO/c1-3-8(2)7-15-12(16)9-5-4-6-10(13)11(9)14/h4-6,8H,3,7H2,1-2H3,(H,15,16). The molecule has 1 N–H and O–H groups in total. The molecule has 4 heteroatoms. The Bertz CT molecular complexity index is 381. The minimum atomic E-state index is -0.119. The lowest BCUT2D eigenvalue weighted by atomic mass is 10.1. The van der Waals surface area contributed by atoms with Crippen molar-refractivity contribution in [2.75, 3.05) is 6.54 Å². The number of hydrogen-bond donors (Lipinski definition) is 1. The molecule has 1 atom stereocenters. The summed E-state index contributed by atoms with van der Waals surface area (Å²) in [4.78, 5) is 11.8. The highest BCUT2D eigenvalue weighted by Gasteiger charge is 2.12. The molecule has 0 fully saturated rings. The first-order valence-electron chi connectivity index (χ1n) is 5.28. The van der Waals surface area contributed by atoms with Crippen molar-refractivity contribution in [3.8, 4) is 0 Å². The van der Waals surface area contributed by atoms with Gasteiger partial charge < -0.3 is 5.32 Å². The van der Waals surface area contributed by atoms with Crippen molar-refractivity contribution in [2.45, 2.75) is 20.3 Å². The fourth-order valence-corrected chi connectivity index (χ4v) is 1.76. The van der Waals surface area contributed by atoms with Gasteiger partial charge in [0, 0.05) is 11.0 Å². The van der Waals surface area contributed by atoms with Crippen LogP contribution in [-0.2, 0) is 0 Å². The van der Waals surface area contributed by atoms with Crippen LogP contribution in [0.15, 0.2) is 22.7 Å². The van der Waals surface area contributed by atoms with Gasteiger partial charge in [-0.25, -0.2) is 0 Å². The molecule has 0 saturated heterocycles. The molecule has 88 valence electrons. The third kappa shape index (κ3) is 3.49. The quantitative estimate of drug-likeness (QED) is 0.898. The third-order valence-electron chi connectivity index (χ3n) is 2.50. The summed E-state index contributed by atoms with van der Waals surface area (Å²) in [6.07, 6.45) is 1.05. The van der Waals surface area contributed by atoms with Crippen LogP contribution in [0.1, 0.15) is 30.6 Å². The van der Waals surface area contributed by atoms with Gasteiger partial charge in [0.25, 0.3) is 5.91 Å². The molecule has 0 heterocycles. The van der Waals surface area contributed by atoms with Crippen molar-refractivity contribution >= 4 is 33.4 Å². The summed E-state index contributed by atoms with van der Waals surface area (Å²) >= 11 is 9.33. The summed E-state index contributed by atoms with van der Waals surface area (Å²) in [6, 6.07) is 5.33. The Hall–Kier alpha value is -0.540. The second-order valence-corrected chi connectivity index (χ2v) is 5.06. The fourth-order valence-electron chi connectivity index (χ4n) is 1.19. The Morgan fingerprint density at radius 1 is 1.56 bits per heavy atom. The van der Waals surface area contributed by atoms with Crippen molar-refractivity contribution in [2.24, 2.45) is 5.92 Å². The largest absolute Gasteiger partial charge is 0.352 e. The number of benzene rings is 1. The summed E-state index contributed by atoms with van der Waals surface area (Å²) < 4.78 is 0.741. The molecule has 0 aliphatic rings. The van der Waals surface area contributed by atoms with E-state index in [1.165, 1.54) is 0 Å². The molecule has 2 nitrogen and oxygen atoms in total.